The molecule has 0 aliphatic heterocycles. The van der Waals surface area contributed by atoms with Gasteiger partial charge in [-0.15, -0.1) is 0 Å². The zero-order chi connectivity index (χ0) is 13.0. The molecule has 18 heavy (non-hydrogen) atoms. The second-order valence-electron chi connectivity index (χ2n) is 4.83. The summed E-state index contributed by atoms with van der Waals surface area (Å²) in [6.45, 7) is 0. The van der Waals surface area contributed by atoms with E-state index >= 15 is 0 Å². The first-order chi connectivity index (χ1) is 8.64. The minimum absolute atomic E-state index is 0.0923. The van der Waals surface area contributed by atoms with Gasteiger partial charge in [0, 0.05) is 5.56 Å². The van der Waals surface area contributed by atoms with Crippen LogP contribution in [0.2, 0.25) is 0 Å². The maximum atomic E-state index is 12.2. The first-order valence-electron chi connectivity index (χ1n) is 6.31. The fourth-order valence-electron chi connectivity index (χ4n) is 2.47. The average Bonchev–Trinajstić information content (AvgIpc) is 2.40. The van der Waals surface area contributed by atoms with Crippen LogP contribution in [0.1, 0.15) is 42.5 Å². The second-order valence-corrected chi connectivity index (χ2v) is 5.27. The molecule has 1 aliphatic carbocycles. The summed E-state index contributed by atoms with van der Waals surface area (Å²) in [7, 11) is 0. The van der Waals surface area contributed by atoms with Crippen molar-refractivity contribution in [3.8, 4) is 0 Å². The lowest BCUT2D eigenvalue weighted by atomic mass is 9.81. The zero-order valence-electron chi connectivity index (χ0n) is 10.3. The van der Waals surface area contributed by atoms with E-state index in [0.717, 1.165) is 25.7 Å². The Hall–Kier alpha value is -1.42. The first-order valence-corrected chi connectivity index (χ1v) is 6.72. The number of benzene rings is 1. The number of carbonyl (C=O) groups is 1. The van der Waals surface area contributed by atoms with Crippen molar-refractivity contribution in [3.05, 3.63) is 35.9 Å². The van der Waals surface area contributed by atoms with Crippen molar-refractivity contribution in [1.29, 1.82) is 0 Å². The van der Waals surface area contributed by atoms with Crippen molar-refractivity contribution in [3.63, 3.8) is 0 Å². The van der Waals surface area contributed by atoms with E-state index in [4.69, 9.17) is 18.0 Å². The Labute approximate surface area is 113 Å². The molecule has 1 saturated carbocycles. The quantitative estimate of drug-likeness (QED) is 0.822. The molecule has 0 bridgehead atoms. The molecule has 1 amide bonds. The van der Waals surface area contributed by atoms with Gasteiger partial charge in [-0.1, -0.05) is 49.7 Å². The predicted octanol–water partition coefficient (Wildman–Crippen LogP) is 2.41. The van der Waals surface area contributed by atoms with E-state index in [0.29, 0.717) is 10.6 Å². The molecule has 0 saturated heterocycles. The van der Waals surface area contributed by atoms with Gasteiger partial charge in [0.15, 0.2) is 0 Å². The van der Waals surface area contributed by atoms with E-state index in [1.807, 2.05) is 18.2 Å². The summed E-state index contributed by atoms with van der Waals surface area (Å²) in [5, 5.41) is 3.04. The van der Waals surface area contributed by atoms with Gasteiger partial charge in [0.25, 0.3) is 5.91 Å². The third kappa shape index (κ3) is 2.70. The van der Waals surface area contributed by atoms with Gasteiger partial charge in [-0.3, -0.25) is 4.79 Å². The van der Waals surface area contributed by atoms with Crippen molar-refractivity contribution in [2.75, 3.05) is 0 Å². The lowest BCUT2D eigenvalue weighted by Gasteiger charge is -2.37. The van der Waals surface area contributed by atoms with E-state index in [1.54, 1.807) is 12.1 Å². The summed E-state index contributed by atoms with van der Waals surface area (Å²) >= 11 is 5.16. The molecule has 3 N–H and O–H groups in total. The van der Waals surface area contributed by atoms with Gasteiger partial charge in [-0.2, -0.15) is 0 Å². The van der Waals surface area contributed by atoms with Crippen molar-refractivity contribution in [1.82, 2.24) is 5.32 Å². The highest BCUT2D eigenvalue weighted by Crippen LogP contribution is 2.28. The SMILES string of the molecule is NC(=S)C1(NC(=O)c2ccccc2)CCCCC1. The molecule has 3 nitrogen and oxygen atoms in total. The Morgan fingerprint density at radius 3 is 2.33 bits per heavy atom. The van der Waals surface area contributed by atoms with Crippen molar-refractivity contribution in [2.45, 2.75) is 37.6 Å². The number of carbonyl (C=O) groups excluding carboxylic acids is 1. The third-order valence-corrected chi connectivity index (χ3v) is 3.96. The number of hydrogen-bond acceptors (Lipinski definition) is 2. The summed E-state index contributed by atoms with van der Waals surface area (Å²) in [6, 6.07) is 9.18. The van der Waals surface area contributed by atoms with Crippen LogP contribution in [0.15, 0.2) is 30.3 Å². The molecule has 0 spiro atoms. The number of amides is 1. The van der Waals surface area contributed by atoms with Gasteiger partial charge in [-0.05, 0) is 25.0 Å². The maximum absolute atomic E-state index is 12.2. The Kier molecular flexibility index (Phi) is 3.97. The van der Waals surface area contributed by atoms with Crippen LogP contribution < -0.4 is 11.1 Å². The molecule has 1 aliphatic rings. The third-order valence-electron chi connectivity index (χ3n) is 3.57. The van der Waals surface area contributed by atoms with Crippen LogP contribution in [0.5, 0.6) is 0 Å². The van der Waals surface area contributed by atoms with Gasteiger partial charge in [0.1, 0.15) is 0 Å². The number of hydrogen-bond donors (Lipinski definition) is 2. The van der Waals surface area contributed by atoms with E-state index < -0.39 is 5.54 Å². The van der Waals surface area contributed by atoms with Crippen LogP contribution in [0.25, 0.3) is 0 Å². The van der Waals surface area contributed by atoms with Gasteiger partial charge < -0.3 is 11.1 Å². The van der Waals surface area contributed by atoms with E-state index in [9.17, 15) is 4.79 Å². The second kappa shape index (κ2) is 5.48. The van der Waals surface area contributed by atoms with Crippen LogP contribution in [-0.2, 0) is 0 Å². The molecule has 96 valence electrons. The lowest BCUT2D eigenvalue weighted by Crippen LogP contribution is -2.57. The summed E-state index contributed by atoms with van der Waals surface area (Å²) < 4.78 is 0. The minimum atomic E-state index is -0.486. The Bertz CT molecular complexity index is 438. The molecule has 0 heterocycles. The van der Waals surface area contributed by atoms with E-state index in [2.05, 4.69) is 5.32 Å². The number of nitrogens with two attached hydrogens (primary N) is 1. The first kappa shape index (κ1) is 13.0. The highest BCUT2D eigenvalue weighted by Gasteiger charge is 2.36. The largest absolute Gasteiger partial charge is 0.391 e. The van der Waals surface area contributed by atoms with E-state index in [1.165, 1.54) is 6.42 Å². The lowest BCUT2D eigenvalue weighted by molar-refractivity contribution is 0.0908. The average molecular weight is 262 g/mol. The van der Waals surface area contributed by atoms with Crippen LogP contribution >= 0.6 is 12.2 Å². The Balaban J connectivity index is 2.15. The van der Waals surface area contributed by atoms with Crippen LogP contribution in [0.4, 0.5) is 0 Å². The molecular formula is C14H18N2OS. The number of thiocarbonyl (C=S) groups is 1. The van der Waals surface area contributed by atoms with Crippen LogP contribution in [0.3, 0.4) is 0 Å². The topological polar surface area (TPSA) is 55.1 Å². The van der Waals surface area contributed by atoms with Crippen molar-refractivity contribution < 1.29 is 4.79 Å². The van der Waals surface area contributed by atoms with Crippen molar-refractivity contribution in [2.24, 2.45) is 5.73 Å². The summed E-state index contributed by atoms with van der Waals surface area (Å²) in [5.74, 6) is -0.0923. The molecule has 0 radical (unpaired) electrons. The van der Waals surface area contributed by atoms with Gasteiger partial charge in [0.2, 0.25) is 0 Å². The normalized spacial score (nSPS) is 18.0. The fraction of sp³-hybridized carbons (Fsp3) is 0.429. The molecular weight excluding hydrogens is 244 g/mol. The number of rotatable bonds is 3. The highest BCUT2D eigenvalue weighted by atomic mass is 32.1. The number of nitrogens with one attached hydrogen (secondary N) is 1. The summed E-state index contributed by atoms with van der Waals surface area (Å²) in [6.07, 6.45) is 5.01. The molecule has 1 fully saturated rings. The molecule has 0 atom stereocenters. The molecule has 1 aromatic rings. The Morgan fingerprint density at radius 1 is 1.17 bits per heavy atom. The Morgan fingerprint density at radius 2 is 1.78 bits per heavy atom. The van der Waals surface area contributed by atoms with E-state index in [-0.39, 0.29) is 5.91 Å². The fourth-order valence-corrected chi connectivity index (χ4v) is 2.72. The molecule has 0 unspecified atom stereocenters. The summed E-state index contributed by atoms with van der Waals surface area (Å²) in [4.78, 5) is 12.6. The van der Waals surface area contributed by atoms with Crippen molar-refractivity contribution >= 4 is 23.1 Å². The highest BCUT2D eigenvalue weighted by molar-refractivity contribution is 7.80. The minimum Gasteiger partial charge on any atom is -0.391 e. The molecule has 1 aromatic carbocycles. The standard InChI is InChI=1S/C14H18N2OS/c15-13(18)14(9-5-2-6-10-14)16-12(17)11-7-3-1-4-8-11/h1,3-4,7-8H,2,5-6,9-10H2,(H2,15,18)(H,16,17). The smallest absolute Gasteiger partial charge is 0.252 e. The monoisotopic (exact) mass is 262 g/mol. The van der Waals surface area contributed by atoms with Crippen LogP contribution in [0, 0.1) is 0 Å². The van der Waals surface area contributed by atoms with Gasteiger partial charge >= 0.3 is 0 Å². The molecule has 4 heteroatoms. The molecule has 0 aromatic heterocycles. The predicted molar refractivity (Wildman–Crippen MR) is 76.5 cm³/mol. The summed E-state index contributed by atoms with van der Waals surface area (Å²) in [5.41, 5.74) is 6.01. The van der Waals surface area contributed by atoms with Crippen LogP contribution in [-0.4, -0.2) is 16.4 Å². The molecule has 2 rings (SSSR count). The van der Waals surface area contributed by atoms with Gasteiger partial charge in [0.05, 0.1) is 10.5 Å². The zero-order valence-corrected chi connectivity index (χ0v) is 11.1. The maximum Gasteiger partial charge on any atom is 0.252 e. The van der Waals surface area contributed by atoms with Gasteiger partial charge in [-0.25, -0.2) is 0 Å².